The molecule has 12 heteroatoms. The fourth-order valence-corrected chi connectivity index (χ4v) is 4.11. The topological polar surface area (TPSA) is 116 Å². The zero-order valence-electron chi connectivity index (χ0n) is 18.8. The number of primary amides is 1. The predicted octanol–water partition coefficient (Wildman–Crippen LogP) is 3.21. The molecule has 34 heavy (non-hydrogen) atoms. The number of pyridine rings is 2. The molecule has 1 aliphatic heterocycles. The summed E-state index contributed by atoms with van der Waals surface area (Å²) in [5.74, 6) is -1.04. The van der Waals surface area contributed by atoms with Crippen LogP contribution in [0.2, 0.25) is 0 Å². The number of hydrogen-bond donors (Lipinski definition) is 1. The van der Waals surface area contributed by atoms with E-state index < -0.39 is 30.1 Å². The molecule has 0 atom stereocenters. The minimum atomic E-state index is -4.44. The van der Waals surface area contributed by atoms with Crippen molar-refractivity contribution >= 4 is 17.5 Å². The normalized spacial score (nSPS) is 14.9. The van der Waals surface area contributed by atoms with Crippen LogP contribution in [0.5, 0.6) is 5.88 Å². The van der Waals surface area contributed by atoms with Crippen LogP contribution >= 0.6 is 0 Å². The van der Waals surface area contributed by atoms with Crippen LogP contribution in [-0.2, 0) is 12.1 Å². The van der Waals surface area contributed by atoms with Gasteiger partial charge in [0.15, 0.2) is 0 Å². The lowest BCUT2D eigenvalue weighted by molar-refractivity contribution is -0.142. The maximum Gasteiger partial charge on any atom is 0.408 e. The summed E-state index contributed by atoms with van der Waals surface area (Å²) in [6.45, 7) is 3.96. The SMILES string of the molecule is COc1ncc(-c2cc(C)c3c(n2)C(C)(C)N(c2cnn(CC(F)(F)F)c2)C3=O)cc1C(N)=O. The predicted molar refractivity (Wildman–Crippen MR) is 115 cm³/mol. The number of alkyl halides is 3. The number of aromatic nitrogens is 4. The third kappa shape index (κ3) is 3.84. The third-order valence-electron chi connectivity index (χ3n) is 5.60. The van der Waals surface area contributed by atoms with Gasteiger partial charge in [-0.1, -0.05) is 0 Å². The first-order valence-corrected chi connectivity index (χ1v) is 10.1. The van der Waals surface area contributed by atoms with Crippen LogP contribution < -0.4 is 15.4 Å². The molecule has 0 radical (unpaired) electrons. The summed E-state index contributed by atoms with van der Waals surface area (Å²) in [5.41, 5.74) is 7.08. The van der Waals surface area contributed by atoms with Crippen LogP contribution in [0, 0.1) is 6.92 Å². The van der Waals surface area contributed by atoms with Crippen molar-refractivity contribution in [2.75, 3.05) is 12.0 Å². The van der Waals surface area contributed by atoms with Gasteiger partial charge >= 0.3 is 6.18 Å². The molecule has 0 aromatic carbocycles. The Hall–Kier alpha value is -3.96. The summed E-state index contributed by atoms with van der Waals surface area (Å²) < 4.78 is 44.1. The number of halogens is 3. The quantitative estimate of drug-likeness (QED) is 0.607. The van der Waals surface area contributed by atoms with Gasteiger partial charge in [-0.2, -0.15) is 18.3 Å². The molecular weight excluding hydrogens is 453 g/mol. The molecule has 0 unspecified atom stereocenters. The molecule has 0 spiro atoms. The van der Waals surface area contributed by atoms with Crippen molar-refractivity contribution in [1.29, 1.82) is 0 Å². The molecule has 0 saturated heterocycles. The maximum atomic E-state index is 13.3. The summed E-state index contributed by atoms with van der Waals surface area (Å²) in [5, 5.41) is 3.76. The Kier molecular flexibility index (Phi) is 5.34. The van der Waals surface area contributed by atoms with Crippen LogP contribution in [0.15, 0.2) is 30.7 Å². The zero-order valence-corrected chi connectivity index (χ0v) is 18.8. The van der Waals surface area contributed by atoms with Gasteiger partial charge in [-0.3, -0.25) is 19.2 Å². The number of fused-ring (bicyclic) bond motifs is 1. The highest BCUT2D eigenvalue weighted by molar-refractivity contribution is 6.12. The third-order valence-corrected chi connectivity index (χ3v) is 5.60. The van der Waals surface area contributed by atoms with Crippen molar-refractivity contribution in [2.45, 2.75) is 39.0 Å². The minimum absolute atomic E-state index is 0.0756. The van der Waals surface area contributed by atoms with E-state index in [0.29, 0.717) is 28.1 Å². The molecule has 4 rings (SSSR count). The average Bonchev–Trinajstić information content (AvgIpc) is 3.25. The highest BCUT2D eigenvalue weighted by atomic mass is 19.4. The van der Waals surface area contributed by atoms with Crippen LogP contribution in [0.3, 0.4) is 0 Å². The smallest absolute Gasteiger partial charge is 0.408 e. The Labute approximate surface area is 192 Å². The van der Waals surface area contributed by atoms with Crippen LogP contribution in [0.1, 0.15) is 45.8 Å². The molecule has 4 heterocycles. The number of carbonyl (C=O) groups excluding carboxylic acids is 2. The first kappa shape index (κ1) is 23.2. The molecule has 0 aliphatic carbocycles. The van der Waals surface area contributed by atoms with Crippen molar-refractivity contribution < 1.29 is 27.5 Å². The molecular formula is C22H21F3N6O3. The second kappa shape index (κ2) is 7.82. The number of amides is 2. The second-order valence-corrected chi connectivity index (χ2v) is 8.40. The molecule has 2 amide bonds. The van der Waals surface area contributed by atoms with E-state index >= 15 is 0 Å². The fraction of sp³-hybridized carbons (Fsp3) is 0.318. The number of methoxy groups -OCH3 is 1. The number of aryl methyl sites for hydroxylation is 1. The number of nitrogens with two attached hydrogens (primary N) is 1. The van der Waals surface area contributed by atoms with E-state index in [1.807, 2.05) is 0 Å². The molecule has 0 saturated carbocycles. The minimum Gasteiger partial charge on any atom is -0.480 e. The Bertz CT molecular complexity index is 1320. The van der Waals surface area contributed by atoms with Gasteiger partial charge in [0.1, 0.15) is 12.1 Å². The number of nitrogens with zero attached hydrogens (tertiary/aromatic N) is 5. The highest BCUT2D eigenvalue weighted by Gasteiger charge is 2.47. The Morgan fingerprint density at radius 3 is 2.56 bits per heavy atom. The lowest BCUT2D eigenvalue weighted by Crippen LogP contribution is -2.39. The maximum absolute atomic E-state index is 13.3. The summed E-state index contributed by atoms with van der Waals surface area (Å²) in [6, 6.07) is 3.18. The standard InChI is InChI=1S/C22H21F3N6O3/c1-11-5-15(12-6-14(18(26)32)19(34-4)27-7-12)29-17-16(11)20(33)31(21(17,2)3)13-8-28-30(9-13)10-22(23,24)25/h5-9H,10H2,1-4H3,(H2,26,32). The van der Waals surface area contributed by atoms with Crippen LogP contribution in [-0.4, -0.2) is 44.8 Å². The van der Waals surface area contributed by atoms with Gasteiger partial charge in [-0.25, -0.2) is 9.97 Å². The van der Waals surface area contributed by atoms with Crippen LogP contribution in [0.4, 0.5) is 18.9 Å². The zero-order chi connectivity index (χ0) is 25.0. The number of carbonyl (C=O) groups is 2. The van der Waals surface area contributed by atoms with E-state index in [-0.39, 0.29) is 17.1 Å². The van der Waals surface area contributed by atoms with E-state index in [9.17, 15) is 22.8 Å². The van der Waals surface area contributed by atoms with Gasteiger partial charge in [0.25, 0.3) is 11.8 Å². The van der Waals surface area contributed by atoms with E-state index in [2.05, 4.69) is 15.1 Å². The van der Waals surface area contributed by atoms with Crippen molar-refractivity contribution in [3.8, 4) is 17.1 Å². The highest BCUT2D eigenvalue weighted by Crippen LogP contribution is 2.43. The van der Waals surface area contributed by atoms with Gasteiger partial charge in [0.2, 0.25) is 5.88 Å². The molecule has 2 N–H and O–H groups in total. The lowest BCUT2D eigenvalue weighted by Gasteiger charge is -2.30. The number of rotatable bonds is 5. The molecule has 3 aromatic heterocycles. The molecule has 3 aromatic rings. The summed E-state index contributed by atoms with van der Waals surface area (Å²) in [6.07, 6.45) is -0.565. The van der Waals surface area contributed by atoms with Crippen molar-refractivity contribution in [2.24, 2.45) is 5.73 Å². The molecule has 178 valence electrons. The average molecular weight is 474 g/mol. The van der Waals surface area contributed by atoms with Gasteiger partial charge in [-0.15, -0.1) is 0 Å². The number of hydrogen-bond acceptors (Lipinski definition) is 6. The Morgan fingerprint density at radius 1 is 1.24 bits per heavy atom. The van der Waals surface area contributed by atoms with E-state index in [4.69, 9.17) is 10.5 Å². The monoisotopic (exact) mass is 474 g/mol. The molecule has 0 fully saturated rings. The number of ether oxygens (including phenoxy) is 1. The summed E-state index contributed by atoms with van der Waals surface area (Å²) in [7, 11) is 1.37. The van der Waals surface area contributed by atoms with Gasteiger partial charge in [0, 0.05) is 18.0 Å². The van der Waals surface area contributed by atoms with Crippen molar-refractivity contribution in [3.63, 3.8) is 0 Å². The Morgan fingerprint density at radius 2 is 1.94 bits per heavy atom. The summed E-state index contributed by atoms with van der Waals surface area (Å²) >= 11 is 0. The molecule has 9 nitrogen and oxygen atoms in total. The van der Waals surface area contributed by atoms with Gasteiger partial charge < -0.3 is 10.5 Å². The van der Waals surface area contributed by atoms with Gasteiger partial charge in [-0.05, 0) is 38.5 Å². The van der Waals surface area contributed by atoms with Gasteiger partial charge in [0.05, 0.1) is 41.5 Å². The Balaban J connectivity index is 1.78. The second-order valence-electron chi connectivity index (χ2n) is 8.40. The fourth-order valence-electron chi connectivity index (χ4n) is 4.11. The van der Waals surface area contributed by atoms with Crippen molar-refractivity contribution in [3.05, 3.63) is 53.1 Å². The van der Waals surface area contributed by atoms with E-state index in [1.165, 1.54) is 36.7 Å². The molecule has 1 aliphatic rings. The first-order valence-electron chi connectivity index (χ1n) is 10.1. The molecule has 0 bridgehead atoms. The number of anilines is 1. The largest absolute Gasteiger partial charge is 0.480 e. The first-order chi connectivity index (χ1) is 15.8. The lowest BCUT2D eigenvalue weighted by atomic mass is 9.96. The van der Waals surface area contributed by atoms with E-state index in [1.54, 1.807) is 26.8 Å². The summed E-state index contributed by atoms with van der Waals surface area (Å²) in [4.78, 5) is 35.3. The van der Waals surface area contributed by atoms with Crippen molar-refractivity contribution in [1.82, 2.24) is 19.7 Å². The van der Waals surface area contributed by atoms with E-state index in [0.717, 1.165) is 4.68 Å². The van der Waals surface area contributed by atoms with Crippen LogP contribution in [0.25, 0.3) is 11.3 Å².